The molecule has 0 atom stereocenters. The maximum atomic E-state index is 14.2. The molecule has 3 aromatic heterocycles. The second-order valence-corrected chi connectivity index (χ2v) is 14.2. The van der Waals surface area contributed by atoms with Crippen LogP contribution in [0.1, 0.15) is 36.2 Å². The van der Waals surface area contributed by atoms with Crippen molar-refractivity contribution in [2.75, 3.05) is 26.2 Å². The lowest BCUT2D eigenvalue weighted by Crippen LogP contribution is -2.40. The zero-order chi connectivity index (χ0) is 31.8. The number of fused-ring (bicyclic) bond motifs is 1. The number of ketones is 1. The van der Waals surface area contributed by atoms with Crippen molar-refractivity contribution in [3.05, 3.63) is 83.7 Å². The number of likely N-dealkylation sites (tertiary alicyclic amines) is 1. The number of sulfonamides is 1. The summed E-state index contributed by atoms with van der Waals surface area (Å²) in [6.45, 7) is 3.28. The maximum Gasteiger partial charge on any atom is 0.240 e. The van der Waals surface area contributed by atoms with E-state index in [9.17, 15) is 17.6 Å². The Morgan fingerprint density at radius 3 is 2.59 bits per heavy atom. The average molecular weight is 662 g/mol. The Hall–Kier alpha value is -3.97. The molecule has 1 aliphatic carbocycles. The molecule has 46 heavy (non-hydrogen) atoms. The van der Waals surface area contributed by atoms with Crippen LogP contribution in [0.3, 0.4) is 0 Å². The molecule has 0 bridgehead atoms. The normalized spacial score (nSPS) is 16.3. The van der Waals surface area contributed by atoms with E-state index in [1.165, 1.54) is 12.1 Å². The molecule has 238 valence electrons. The summed E-state index contributed by atoms with van der Waals surface area (Å²) in [5, 5.41) is 9.74. The molecule has 13 heteroatoms. The van der Waals surface area contributed by atoms with Gasteiger partial charge in [-0.05, 0) is 92.7 Å². The molecule has 10 nitrogen and oxygen atoms in total. The Bertz CT molecular complexity index is 2000. The van der Waals surface area contributed by atoms with Crippen molar-refractivity contribution in [3.63, 3.8) is 0 Å². The molecular weight excluding hydrogens is 629 g/mol. The van der Waals surface area contributed by atoms with Gasteiger partial charge >= 0.3 is 0 Å². The van der Waals surface area contributed by atoms with E-state index >= 15 is 0 Å². The summed E-state index contributed by atoms with van der Waals surface area (Å²) in [5.41, 5.74) is 3.89. The molecular formula is C33H33ClFN7O3S. The third kappa shape index (κ3) is 6.48. The van der Waals surface area contributed by atoms with Crippen LogP contribution in [0.4, 0.5) is 4.39 Å². The van der Waals surface area contributed by atoms with E-state index in [0.29, 0.717) is 58.6 Å². The number of carbonyl (C=O) groups is 1. The van der Waals surface area contributed by atoms with Crippen molar-refractivity contribution in [1.82, 2.24) is 34.6 Å². The van der Waals surface area contributed by atoms with Gasteiger partial charge in [0.1, 0.15) is 16.7 Å². The molecule has 1 saturated carbocycles. The minimum atomic E-state index is -3.65. The number of hydrogen-bond acceptors (Lipinski definition) is 7. The highest BCUT2D eigenvalue weighted by Crippen LogP contribution is 2.38. The average Bonchev–Trinajstić information content (AvgIpc) is 3.70. The number of piperidine rings is 1. The number of rotatable bonds is 11. The third-order valence-electron chi connectivity index (χ3n) is 8.86. The number of Topliss-reactive ketones (excluding diaryl/α,β-unsaturated/α-hetero) is 1. The molecule has 7 rings (SSSR count). The van der Waals surface area contributed by atoms with Crippen LogP contribution in [-0.4, -0.2) is 70.2 Å². The van der Waals surface area contributed by atoms with Gasteiger partial charge < -0.3 is 9.88 Å². The van der Waals surface area contributed by atoms with Gasteiger partial charge in [-0.3, -0.25) is 9.48 Å². The highest BCUT2D eigenvalue weighted by atomic mass is 35.5. The monoisotopic (exact) mass is 661 g/mol. The summed E-state index contributed by atoms with van der Waals surface area (Å²) in [5.74, 6) is 0.0604. The second kappa shape index (κ2) is 12.7. The van der Waals surface area contributed by atoms with E-state index in [0.717, 1.165) is 49.9 Å². The van der Waals surface area contributed by atoms with Gasteiger partial charge in [-0.15, -0.1) is 5.10 Å². The highest BCUT2D eigenvalue weighted by Gasteiger charge is 2.34. The number of nitrogens with zero attached hydrogens (tertiary/aromatic N) is 5. The first-order valence-corrected chi connectivity index (χ1v) is 17.3. The molecule has 2 aromatic carbocycles. The molecule has 0 unspecified atom stereocenters. The van der Waals surface area contributed by atoms with Gasteiger partial charge in [0.05, 0.1) is 16.8 Å². The minimum absolute atomic E-state index is 0.0108. The smallest absolute Gasteiger partial charge is 0.240 e. The Morgan fingerprint density at radius 2 is 1.85 bits per heavy atom. The zero-order valence-corrected chi connectivity index (χ0v) is 26.6. The standard InChI is InChI=1S/C33H33ClFN7O3S/c34-33-26(2-1-13-36-33)22-5-8-25(9-6-22)46(44,45)37-14-17-41-15-11-21(12-16-41)19-42-20-29(39-40-42)30-27-18-24(35)7-10-28(27)38-31(30)32(43)23-3-4-23/h1-2,5-10,13,18,20-21,23,37-38H,3-4,11-12,14-17,19H2. The van der Waals surface area contributed by atoms with Crippen molar-refractivity contribution in [1.29, 1.82) is 0 Å². The van der Waals surface area contributed by atoms with E-state index in [2.05, 4.69) is 29.9 Å². The Labute approximate surface area is 271 Å². The minimum Gasteiger partial charge on any atom is -0.352 e. The Kier molecular flexibility index (Phi) is 8.45. The van der Waals surface area contributed by atoms with Crippen LogP contribution in [0.15, 0.2) is 71.9 Å². The van der Waals surface area contributed by atoms with Crippen LogP contribution in [0.5, 0.6) is 0 Å². The number of hydrogen-bond donors (Lipinski definition) is 2. The number of benzene rings is 2. The summed E-state index contributed by atoms with van der Waals surface area (Å²) < 4.78 is 44.5. The van der Waals surface area contributed by atoms with E-state index in [1.54, 1.807) is 47.3 Å². The van der Waals surface area contributed by atoms with Gasteiger partial charge in [0.15, 0.2) is 5.78 Å². The number of nitrogens with one attached hydrogen (secondary N) is 2. The second-order valence-electron chi connectivity index (χ2n) is 12.1. The van der Waals surface area contributed by atoms with Gasteiger partial charge in [-0.2, -0.15) is 0 Å². The van der Waals surface area contributed by atoms with Crippen molar-refractivity contribution in [2.45, 2.75) is 37.1 Å². The number of halogens is 2. The molecule has 4 heterocycles. The fraction of sp³-hybridized carbons (Fsp3) is 0.333. The third-order valence-corrected chi connectivity index (χ3v) is 10.6. The summed E-state index contributed by atoms with van der Waals surface area (Å²) >= 11 is 6.17. The number of aromatic amines is 1. The summed E-state index contributed by atoms with van der Waals surface area (Å²) in [6, 6.07) is 14.7. The maximum absolute atomic E-state index is 14.2. The van der Waals surface area contributed by atoms with Crippen molar-refractivity contribution >= 4 is 38.3 Å². The quantitative estimate of drug-likeness (QED) is 0.140. The van der Waals surface area contributed by atoms with Gasteiger partial charge in [-0.25, -0.2) is 22.5 Å². The van der Waals surface area contributed by atoms with Crippen LogP contribution in [-0.2, 0) is 16.6 Å². The van der Waals surface area contributed by atoms with Crippen molar-refractivity contribution in [3.8, 4) is 22.4 Å². The summed E-state index contributed by atoms with van der Waals surface area (Å²) in [6.07, 6.45) is 7.06. The SMILES string of the molecule is O=C(c1[nH]c2ccc(F)cc2c1-c1cn(CC2CCN(CCNS(=O)(=O)c3ccc(-c4cccnc4Cl)cc3)CC2)nn1)C1CC1. The molecule has 2 fully saturated rings. The van der Waals surface area contributed by atoms with E-state index in [4.69, 9.17) is 11.6 Å². The van der Waals surface area contributed by atoms with Crippen LogP contribution in [0.25, 0.3) is 33.3 Å². The molecule has 1 saturated heterocycles. The number of pyridine rings is 1. The molecule has 1 aliphatic heterocycles. The lowest BCUT2D eigenvalue weighted by atomic mass is 9.97. The highest BCUT2D eigenvalue weighted by molar-refractivity contribution is 7.89. The molecule has 5 aromatic rings. The zero-order valence-electron chi connectivity index (χ0n) is 25.0. The van der Waals surface area contributed by atoms with E-state index in [1.807, 2.05) is 12.3 Å². The largest absolute Gasteiger partial charge is 0.352 e. The summed E-state index contributed by atoms with van der Waals surface area (Å²) in [4.78, 5) is 22.8. The number of aromatic nitrogens is 5. The molecule has 2 aliphatic rings. The van der Waals surface area contributed by atoms with Crippen LogP contribution in [0, 0.1) is 17.7 Å². The van der Waals surface area contributed by atoms with Gasteiger partial charge in [0.2, 0.25) is 10.0 Å². The first-order valence-electron chi connectivity index (χ1n) is 15.4. The van der Waals surface area contributed by atoms with E-state index in [-0.39, 0.29) is 22.4 Å². The van der Waals surface area contributed by atoms with Crippen LogP contribution in [0.2, 0.25) is 5.15 Å². The fourth-order valence-corrected chi connectivity index (χ4v) is 7.41. The predicted molar refractivity (Wildman–Crippen MR) is 173 cm³/mol. The van der Waals surface area contributed by atoms with Crippen LogP contribution >= 0.6 is 11.6 Å². The number of carbonyl (C=O) groups excluding carboxylic acids is 1. The Balaban J connectivity index is 0.924. The topological polar surface area (TPSA) is 126 Å². The fourth-order valence-electron chi connectivity index (χ4n) is 6.16. The molecule has 0 amide bonds. The summed E-state index contributed by atoms with van der Waals surface area (Å²) in [7, 11) is -3.65. The van der Waals surface area contributed by atoms with Gasteiger partial charge in [-0.1, -0.05) is 28.9 Å². The Morgan fingerprint density at radius 1 is 1.07 bits per heavy atom. The lowest BCUT2D eigenvalue weighted by molar-refractivity contribution is 0.0964. The predicted octanol–water partition coefficient (Wildman–Crippen LogP) is 5.56. The van der Waals surface area contributed by atoms with E-state index < -0.39 is 10.0 Å². The van der Waals surface area contributed by atoms with Crippen molar-refractivity contribution < 1.29 is 17.6 Å². The first-order chi connectivity index (χ1) is 22.2. The van der Waals surface area contributed by atoms with Gasteiger partial charge in [0, 0.05) is 53.8 Å². The molecule has 2 N–H and O–H groups in total. The first kappa shape index (κ1) is 30.7. The number of H-pyrrole nitrogens is 1. The van der Waals surface area contributed by atoms with Gasteiger partial charge in [0.25, 0.3) is 0 Å². The lowest BCUT2D eigenvalue weighted by Gasteiger charge is -2.31. The van der Waals surface area contributed by atoms with Crippen molar-refractivity contribution in [2.24, 2.45) is 11.8 Å². The molecule has 0 spiro atoms. The van der Waals surface area contributed by atoms with Crippen LogP contribution < -0.4 is 4.72 Å². The molecule has 0 radical (unpaired) electrons.